The normalized spacial score (nSPS) is 55.6. The summed E-state index contributed by atoms with van der Waals surface area (Å²) >= 11 is 0. The van der Waals surface area contributed by atoms with E-state index in [1.807, 2.05) is 6.92 Å². The summed E-state index contributed by atoms with van der Waals surface area (Å²) in [6.07, 6.45) is 5.15. The van der Waals surface area contributed by atoms with Crippen LogP contribution >= 0.6 is 0 Å². The molecule has 5 rings (SSSR count). The molecule has 0 aromatic rings. The zero-order chi connectivity index (χ0) is 17.8. The minimum Gasteiger partial charge on any atom is -0.469 e. The minimum absolute atomic E-state index is 0.111. The van der Waals surface area contributed by atoms with E-state index in [2.05, 4.69) is 6.58 Å². The van der Waals surface area contributed by atoms with E-state index in [0.717, 1.165) is 31.3 Å². The number of hydrogen-bond acceptors (Lipinski definition) is 5. The van der Waals surface area contributed by atoms with Crippen LogP contribution in [0.25, 0.3) is 0 Å². The van der Waals surface area contributed by atoms with Gasteiger partial charge in [-0.1, -0.05) is 6.58 Å². The fraction of sp³-hybridized carbons (Fsp3) is 0.800. The number of esters is 2. The molecule has 5 heteroatoms. The number of fused-ring (bicyclic) bond motifs is 1. The van der Waals surface area contributed by atoms with Crippen LogP contribution in [0.1, 0.15) is 51.9 Å². The predicted molar refractivity (Wildman–Crippen MR) is 88.3 cm³/mol. The van der Waals surface area contributed by atoms with Crippen molar-refractivity contribution in [2.45, 2.75) is 63.1 Å². The molecule has 4 aliphatic carbocycles. The maximum atomic E-state index is 13.0. The second-order valence-electron chi connectivity index (χ2n) is 9.41. The van der Waals surface area contributed by atoms with Gasteiger partial charge in [-0.25, -0.2) is 0 Å². The average molecular weight is 346 g/mol. The molecule has 0 unspecified atom stereocenters. The Morgan fingerprint density at radius 1 is 1.36 bits per heavy atom. The van der Waals surface area contributed by atoms with Crippen LogP contribution in [0.4, 0.5) is 0 Å². The number of methoxy groups -OCH3 is 1. The molecular weight excluding hydrogens is 320 g/mol. The van der Waals surface area contributed by atoms with Gasteiger partial charge >= 0.3 is 11.9 Å². The third-order valence-corrected chi connectivity index (χ3v) is 8.59. The minimum atomic E-state index is -0.878. The highest BCUT2D eigenvalue weighted by Crippen LogP contribution is 2.78. The molecule has 0 amide bonds. The Morgan fingerprint density at radius 3 is 2.84 bits per heavy atom. The number of carbonyl (C=O) groups excluding carboxylic acids is 2. The summed E-state index contributed by atoms with van der Waals surface area (Å²) in [5.41, 5.74) is -1.60. The summed E-state index contributed by atoms with van der Waals surface area (Å²) in [5, 5.41) is 11.1. The number of carbonyl (C=O) groups is 2. The lowest BCUT2D eigenvalue weighted by molar-refractivity contribution is -0.163. The van der Waals surface area contributed by atoms with Gasteiger partial charge in [0, 0.05) is 11.8 Å². The van der Waals surface area contributed by atoms with Crippen molar-refractivity contribution in [2.75, 3.05) is 7.11 Å². The van der Waals surface area contributed by atoms with Gasteiger partial charge in [-0.3, -0.25) is 9.59 Å². The number of ether oxygens (including phenoxy) is 2. The topological polar surface area (TPSA) is 72.8 Å². The van der Waals surface area contributed by atoms with Gasteiger partial charge in [0.15, 0.2) is 0 Å². The van der Waals surface area contributed by atoms with Crippen molar-refractivity contribution in [2.24, 2.45) is 28.6 Å². The molecule has 136 valence electrons. The van der Waals surface area contributed by atoms with E-state index in [0.29, 0.717) is 19.3 Å². The first-order chi connectivity index (χ1) is 11.7. The van der Waals surface area contributed by atoms with E-state index in [1.165, 1.54) is 7.11 Å². The Labute approximate surface area is 147 Å². The van der Waals surface area contributed by atoms with Gasteiger partial charge < -0.3 is 14.6 Å². The Morgan fingerprint density at radius 2 is 2.12 bits per heavy atom. The van der Waals surface area contributed by atoms with Crippen LogP contribution in [0.15, 0.2) is 12.2 Å². The van der Waals surface area contributed by atoms with Gasteiger partial charge in [0.2, 0.25) is 0 Å². The van der Waals surface area contributed by atoms with Crippen LogP contribution in [0, 0.1) is 28.6 Å². The van der Waals surface area contributed by atoms with Crippen molar-refractivity contribution in [1.82, 2.24) is 0 Å². The highest BCUT2D eigenvalue weighted by Gasteiger charge is 2.82. The molecule has 4 saturated carbocycles. The molecule has 1 N–H and O–H groups in total. The quantitative estimate of drug-likeness (QED) is 0.583. The first-order valence-electron chi connectivity index (χ1n) is 9.45. The highest BCUT2D eigenvalue weighted by atomic mass is 16.6. The molecular formula is C20H26O5. The van der Waals surface area contributed by atoms with Gasteiger partial charge in [0.05, 0.1) is 24.0 Å². The van der Waals surface area contributed by atoms with Crippen molar-refractivity contribution < 1.29 is 24.2 Å². The average Bonchev–Trinajstić information content (AvgIpc) is 2.95. The summed E-state index contributed by atoms with van der Waals surface area (Å²) in [5.74, 6) is -0.823. The maximum absolute atomic E-state index is 13.0. The molecule has 1 spiro atoms. The van der Waals surface area contributed by atoms with E-state index < -0.39 is 22.5 Å². The number of rotatable bonds is 1. The van der Waals surface area contributed by atoms with E-state index >= 15 is 0 Å². The summed E-state index contributed by atoms with van der Waals surface area (Å²) in [6.45, 7) is 6.12. The molecule has 4 bridgehead atoms. The van der Waals surface area contributed by atoms with Crippen molar-refractivity contribution in [1.29, 1.82) is 0 Å². The van der Waals surface area contributed by atoms with E-state index in [4.69, 9.17) is 9.47 Å². The van der Waals surface area contributed by atoms with Crippen molar-refractivity contribution >= 4 is 11.9 Å². The lowest BCUT2D eigenvalue weighted by Crippen LogP contribution is -2.48. The molecule has 1 heterocycles. The lowest BCUT2D eigenvalue weighted by Gasteiger charge is -2.45. The standard InChI is InChI=1S/C20H26O5/c1-11-9-18-10-19(11,23)8-5-12(18)20-7-4-6-17(2,16(22)25-20)14(20)13(18)15(21)24-3/h12-14,23H,1,4-10H2,2-3H3/t12-,13-,14-,17+,18+,19+,20-/m1/s1. The first kappa shape index (κ1) is 15.9. The molecule has 1 aliphatic heterocycles. The lowest BCUT2D eigenvalue weighted by atomic mass is 9.60. The molecule has 5 fully saturated rings. The van der Waals surface area contributed by atoms with E-state index in [1.54, 1.807) is 0 Å². The van der Waals surface area contributed by atoms with Crippen LogP contribution in [-0.4, -0.2) is 35.4 Å². The summed E-state index contributed by atoms with van der Waals surface area (Å²) < 4.78 is 11.4. The van der Waals surface area contributed by atoms with Gasteiger partial charge in [-0.2, -0.15) is 0 Å². The molecule has 25 heavy (non-hydrogen) atoms. The van der Waals surface area contributed by atoms with Crippen LogP contribution < -0.4 is 0 Å². The van der Waals surface area contributed by atoms with Gasteiger partial charge in [0.25, 0.3) is 0 Å². The van der Waals surface area contributed by atoms with Crippen LogP contribution in [0.3, 0.4) is 0 Å². The van der Waals surface area contributed by atoms with Gasteiger partial charge in [0.1, 0.15) is 5.60 Å². The first-order valence-corrected chi connectivity index (χ1v) is 9.45. The van der Waals surface area contributed by atoms with Crippen LogP contribution in [0.5, 0.6) is 0 Å². The Kier molecular flexibility index (Phi) is 2.73. The van der Waals surface area contributed by atoms with E-state index in [-0.39, 0.29) is 29.2 Å². The summed E-state index contributed by atoms with van der Waals surface area (Å²) in [6, 6.07) is 0. The van der Waals surface area contributed by atoms with Gasteiger partial charge in [-0.15, -0.1) is 0 Å². The third kappa shape index (κ3) is 1.48. The fourth-order valence-corrected chi connectivity index (χ4v) is 7.80. The van der Waals surface area contributed by atoms with Crippen molar-refractivity contribution in [3.05, 3.63) is 12.2 Å². The summed E-state index contributed by atoms with van der Waals surface area (Å²) in [7, 11) is 1.42. The predicted octanol–water partition coefficient (Wildman–Crippen LogP) is 2.37. The second-order valence-corrected chi connectivity index (χ2v) is 9.41. The molecule has 5 nitrogen and oxygen atoms in total. The Balaban J connectivity index is 1.75. The Bertz CT molecular complexity index is 715. The zero-order valence-electron chi connectivity index (χ0n) is 15.0. The highest BCUT2D eigenvalue weighted by molar-refractivity contribution is 5.85. The second kappa shape index (κ2) is 4.30. The van der Waals surface area contributed by atoms with Gasteiger partial charge in [-0.05, 0) is 62.9 Å². The maximum Gasteiger partial charge on any atom is 0.312 e. The van der Waals surface area contributed by atoms with Crippen LogP contribution in [-0.2, 0) is 19.1 Å². The van der Waals surface area contributed by atoms with E-state index in [9.17, 15) is 14.7 Å². The molecule has 0 aromatic heterocycles. The number of hydrogen-bond donors (Lipinski definition) is 1. The van der Waals surface area contributed by atoms with Crippen molar-refractivity contribution in [3.63, 3.8) is 0 Å². The van der Waals surface area contributed by atoms with Crippen molar-refractivity contribution in [3.8, 4) is 0 Å². The molecule has 0 radical (unpaired) electrons. The Hall–Kier alpha value is -1.36. The number of aliphatic hydroxyl groups is 1. The van der Waals surface area contributed by atoms with Crippen LogP contribution in [0.2, 0.25) is 0 Å². The fourth-order valence-electron chi connectivity index (χ4n) is 7.80. The molecule has 5 aliphatic rings. The summed E-state index contributed by atoms with van der Waals surface area (Å²) in [4.78, 5) is 25.8. The molecule has 7 atom stereocenters. The molecule has 1 saturated heterocycles. The largest absolute Gasteiger partial charge is 0.469 e. The SMILES string of the molecule is C=C1C[C@]23C[C@@]1(O)CC[C@H]2[C@@]12CCC[C@](C)(C(=O)O1)[C@H]2[C@@H]3C(=O)OC. The molecule has 0 aromatic carbocycles. The zero-order valence-corrected chi connectivity index (χ0v) is 15.0. The monoisotopic (exact) mass is 346 g/mol. The smallest absolute Gasteiger partial charge is 0.312 e. The third-order valence-electron chi connectivity index (χ3n) is 8.59.